The normalized spacial score (nSPS) is 11.5. The fourth-order valence-electron chi connectivity index (χ4n) is 2.67. The number of benzene rings is 2. The molecule has 0 saturated heterocycles. The molecule has 0 aliphatic rings. The summed E-state index contributed by atoms with van der Waals surface area (Å²) in [5, 5.41) is 0. The van der Waals surface area contributed by atoms with Gasteiger partial charge in [0.05, 0.1) is 18.7 Å². The van der Waals surface area contributed by atoms with Crippen molar-refractivity contribution in [3.63, 3.8) is 0 Å². The zero-order valence-electron chi connectivity index (χ0n) is 14.2. The van der Waals surface area contributed by atoms with Gasteiger partial charge in [-0.2, -0.15) is 0 Å². The number of nitrogens with two attached hydrogens (primary N) is 1. The van der Waals surface area contributed by atoms with Crippen LogP contribution >= 0.6 is 0 Å². The van der Waals surface area contributed by atoms with Crippen LogP contribution in [0.1, 0.15) is 22.4 Å². The van der Waals surface area contributed by atoms with Crippen molar-refractivity contribution in [3.8, 4) is 0 Å². The maximum atomic E-state index is 12.8. The van der Waals surface area contributed by atoms with Crippen LogP contribution in [0.3, 0.4) is 0 Å². The van der Waals surface area contributed by atoms with Crippen LogP contribution in [0.5, 0.6) is 0 Å². The van der Waals surface area contributed by atoms with E-state index in [-0.39, 0.29) is 11.4 Å². The van der Waals surface area contributed by atoms with E-state index in [1.165, 1.54) is 0 Å². The molecule has 0 spiro atoms. The Labute approximate surface area is 147 Å². The Morgan fingerprint density at radius 3 is 2.16 bits per heavy atom. The highest BCUT2D eigenvalue weighted by Gasteiger charge is 2.10. The van der Waals surface area contributed by atoms with Crippen LogP contribution in [0.4, 0.5) is 0 Å². The van der Waals surface area contributed by atoms with E-state index in [1.54, 1.807) is 10.6 Å². The molecule has 4 nitrogen and oxygen atoms in total. The number of nitrogens with zero attached hydrogens (tertiary/aromatic N) is 2. The summed E-state index contributed by atoms with van der Waals surface area (Å²) in [5.74, 6) is 0.274. The molecule has 0 bridgehead atoms. The Morgan fingerprint density at radius 1 is 0.920 bits per heavy atom. The van der Waals surface area contributed by atoms with Gasteiger partial charge in [-0.3, -0.25) is 9.79 Å². The van der Waals surface area contributed by atoms with E-state index in [0.717, 1.165) is 16.8 Å². The number of hydrogen-bond donors (Lipinski definition) is 1. The molecule has 0 aliphatic heterocycles. The summed E-state index contributed by atoms with van der Waals surface area (Å²) >= 11 is 0. The lowest BCUT2D eigenvalue weighted by Gasteiger charge is -2.12. The fraction of sp³-hybridized carbons (Fsp3) is 0.143. The van der Waals surface area contributed by atoms with Crippen molar-refractivity contribution in [2.45, 2.75) is 20.0 Å². The van der Waals surface area contributed by atoms with Crippen molar-refractivity contribution < 1.29 is 0 Å². The van der Waals surface area contributed by atoms with Gasteiger partial charge in [-0.15, -0.1) is 0 Å². The molecule has 25 heavy (non-hydrogen) atoms. The summed E-state index contributed by atoms with van der Waals surface area (Å²) in [6.45, 7) is 2.90. The van der Waals surface area contributed by atoms with Crippen LogP contribution in [-0.4, -0.2) is 10.4 Å². The average Bonchev–Trinajstić information content (AvgIpc) is 2.65. The molecule has 2 aromatic carbocycles. The molecule has 3 rings (SSSR count). The molecular weight excluding hydrogens is 310 g/mol. The third kappa shape index (κ3) is 4.04. The highest BCUT2D eigenvalue weighted by molar-refractivity contribution is 5.97. The van der Waals surface area contributed by atoms with Crippen LogP contribution in [0.25, 0.3) is 0 Å². The number of amidine groups is 1. The van der Waals surface area contributed by atoms with Gasteiger partial charge in [-0.1, -0.05) is 60.7 Å². The number of pyridine rings is 1. The second-order valence-corrected chi connectivity index (χ2v) is 5.95. The lowest BCUT2D eigenvalue weighted by Crippen LogP contribution is -2.31. The van der Waals surface area contributed by atoms with E-state index in [4.69, 9.17) is 5.73 Å². The van der Waals surface area contributed by atoms with Gasteiger partial charge in [-0.25, -0.2) is 0 Å². The van der Waals surface area contributed by atoms with Gasteiger partial charge in [0.15, 0.2) is 0 Å². The lowest BCUT2D eigenvalue weighted by molar-refractivity contribution is 0.728. The zero-order valence-corrected chi connectivity index (χ0v) is 14.2. The third-order valence-corrected chi connectivity index (χ3v) is 4.13. The molecule has 0 saturated carbocycles. The summed E-state index contributed by atoms with van der Waals surface area (Å²) in [4.78, 5) is 17.2. The molecule has 1 aromatic heterocycles. The van der Waals surface area contributed by atoms with Crippen LogP contribution < -0.4 is 11.3 Å². The number of hydrogen-bond acceptors (Lipinski definition) is 2. The van der Waals surface area contributed by atoms with Crippen molar-refractivity contribution in [3.05, 3.63) is 106 Å². The highest BCUT2D eigenvalue weighted by Crippen LogP contribution is 2.06. The Bertz CT molecular complexity index is 928. The molecular formula is C21H21N3O. The molecule has 0 radical (unpaired) electrons. The predicted octanol–water partition coefficient (Wildman–Crippen LogP) is 3.11. The minimum Gasteiger partial charge on any atom is -0.383 e. The quantitative estimate of drug-likeness (QED) is 0.577. The van der Waals surface area contributed by atoms with Crippen molar-refractivity contribution in [2.75, 3.05) is 0 Å². The number of rotatable bonds is 5. The minimum atomic E-state index is -0.113. The monoisotopic (exact) mass is 331 g/mol. The molecule has 3 aromatic rings. The first-order chi connectivity index (χ1) is 12.1. The molecule has 0 amide bonds. The summed E-state index contributed by atoms with van der Waals surface area (Å²) in [7, 11) is 0. The SMILES string of the molecule is Cc1ccc(C(N)=NCc2ccccc2)c(=O)n1Cc1ccccc1. The van der Waals surface area contributed by atoms with Crippen molar-refractivity contribution in [1.29, 1.82) is 0 Å². The van der Waals surface area contributed by atoms with Crippen molar-refractivity contribution in [1.82, 2.24) is 4.57 Å². The number of aromatic nitrogens is 1. The molecule has 4 heteroatoms. The zero-order chi connectivity index (χ0) is 17.6. The van der Waals surface area contributed by atoms with E-state index in [2.05, 4.69) is 4.99 Å². The molecule has 1 heterocycles. The maximum Gasteiger partial charge on any atom is 0.262 e. The van der Waals surface area contributed by atoms with Gasteiger partial charge >= 0.3 is 0 Å². The Kier molecular flexibility index (Phi) is 5.09. The third-order valence-electron chi connectivity index (χ3n) is 4.13. The van der Waals surface area contributed by atoms with Gasteiger partial charge in [0.1, 0.15) is 5.84 Å². The maximum absolute atomic E-state index is 12.8. The topological polar surface area (TPSA) is 60.4 Å². The second kappa shape index (κ2) is 7.62. The molecule has 126 valence electrons. The van der Waals surface area contributed by atoms with E-state index >= 15 is 0 Å². The Hall–Kier alpha value is -3.14. The van der Waals surface area contributed by atoms with Crippen LogP contribution in [0.2, 0.25) is 0 Å². The number of aryl methyl sites for hydroxylation is 1. The summed E-state index contributed by atoms with van der Waals surface area (Å²) < 4.78 is 1.73. The summed E-state index contributed by atoms with van der Waals surface area (Å²) in [6, 6.07) is 23.4. The molecule has 0 aliphatic carbocycles. The largest absolute Gasteiger partial charge is 0.383 e. The Balaban J connectivity index is 1.89. The molecule has 0 unspecified atom stereocenters. The van der Waals surface area contributed by atoms with E-state index < -0.39 is 0 Å². The first-order valence-corrected chi connectivity index (χ1v) is 8.24. The van der Waals surface area contributed by atoms with Gasteiger partial charge in [-0.05, 0) is 30.2 Å². The summed E-state index contributed by atoms with van der Waals surface area (Å²) in [6.07, 6.45) is 0. The highest BCUT2D eigenvalue weighted by atomic mass is 16.1. The van der Waals surface area contributed by atoms with Crippen LogP contribution in [-0.2, 0) is 13.1 Å². The van der Waals surface area contributed by atoms with Crippen molar-refractivity contribution in [2.24, 2.45) is 10.7 Å². The first-order valence-electron chi connectivity index (χ1n) is 8.24. The van der Waals surface area contributed by atoms with E-state index in [0.29, 0.717) is 18.7 Å². The number of aliphatic imine (C=N–C) groups is 1. The van der Waals surface area contributed by atoms with Gasteiger partial charge in [0.2, 0.25) is 0 Å². The van der Waals surface area contributed by atoms with Gasteiger partial charge in [0, 0.05) is 5.69 Å². The minimum absolute atomic E-state index is 0.113. The van der Waals surface area contributed by atoms with Gasteiger partial charge in [0.25, 0.3) is 5.56 Å². The second-order valence-electron chi connectivity index (χ2n) is 5.95. The molecule has 2 N–H and O–H groups in total. The molecule has 0 fully saturated rings. The van der Waals surface area contributed by atoms with Crippen LogP contribution in [0, 0.1) is 6.92 Å². The molecule has 0 atom stereocenters. The smallest absolute Gasteiger partial charge is 0.262 e. The fourth-order valence-corrected chi connectivity index (χ4v) is 2.67. The predicted molar refractivity (Wildman–Crippen MR) is 102 cm³/mol. The lowest BCUT2D eigenvalue weighted by atomic mass is 10.2. The Morgan fingerprint density at radius 2 is 1.52 bits per heavy atom. The van der Waals surface area contributed by atoms with Gasteiger partial charge < -0.3 is 10.3 Å². The van der Waals surface area contributed by atoms with Crippen molar-refractivity contribution >= 4 is 5.84 Å². The van der Waals surface area contributed by atoms with E-state index in [1.807, 2.05) is 73.7 Å². The van der Waals surface area contributed by atoms with E-state index in [9.17, 15) is 4.79 Å². The average molecular weight is 331 g/mol. The summed E-state index contributed by atoms with van der Waals surface area (Å²) in [5.41, 5.74) is 9.45. The van der Waals surface area contributed by atoms with Crippen LogP contribution in [0.15, 0.2) is 82.6 Å². The first kappa shape index (κ1) is 16.7. The standard InChI is InChI=1S/C21H21N3O/c1-16-12-13-19(20(22)23-14-17-8-4-2-5-9-17)21(25)24(16)15-18-10-6-3-7-11-18/h2-13H,14-15H2,1H3,(H2,22,23).